The van der Waals surface area contributed by atoms with Gasteiger partial charge in [-0.25, -0.2) is 14.6 Å². The number of likely N-dealkylation sites (tertiary alicyclic amines) is 1. The first kappa shape index (κ1) is 18.4. The predicted octanol–water partition coefficient (Wildman–Crippen LogP) is 1.64. The molecule has 2 heterocycles. The molecule has 0 aromatic carbocycles. The van der Waals surface area contributed by atoms with Gasteiger partial charge in [0.1, 0.15) is 0 Å². The van der Waals surface area contributed by atoms with Crippen molar-refractivity contribution < 1.29 is 19.8 Å². The van der Waals surface area contributed by atoms with Crippen LogP contribution in [0.4, 0.5) is 5.13 Å². The van der Waals surface area contributed by atoms with E-state index in [1.54, 1.807) is 11.3 Å². The van der Waals surface area contributed by atoms with Crippen LogP contribution in [0.3, 0.4) is 0 Å². The van der Waals surface area contributed by atoms with Crippen molar-refractivity contribution in [1.29, 1.82) is 0 Å². The molecule has 0 radical (unpaired) electrons. The Balaban J connectivity index is 0.000000224. The van der Waals surface area contributed by atoms with Gasteiger partial charge in [-0.2, -0.15) is 0 Å². The Bertz CT molecular complexity index is 613. The molecule has 0 spiro atoms. The van der Waals surface area contributed by atoms with Crippen molar-refractivity contribution in [1.82, 2.24) is 9.88 Å². The van der Waals surface area contributed by atoms with Crippen molar-refractivity contribution in [3.63, 3.8) is 0 Å². The van der Waals surface area contributed by atoms with Crippen LogP contribution in [-0.2, 0) is 22.4 Å². The summed E-state index contributed by atoms with van der Waals surface area (Å²) in [6.07, 6.45) is 6.18. The number of hydrogen-bond acceptors (Lipinski definition) is 6. The lowest BCUT2D eigenvalue weighted by atomic mass is 9.79. The monoisotopic (exact) mass is 353 g/mol. The van der Waals surface area contributed by atoms with Crippen LogP contribution >= 0.6 is 11.3 Å². The molecule has 1 aromatic heterocycles. The number of piperidine rings is 1. The van der Waals surface area contributed by atoms with E-state index in [0.29, 0.717) is 12.2 Å². The third kappa shape index (κ3) is 4.78. The van der Waals surface area contributed by atoms with Gasteiger partial charge in [0.15, 0.2) is 5.13 Å². The number of likely N-dealkylation sites (N-methyl/N-ethyl adjacent to an activating group) is 1. The summed E-state index contributed by atoms with van der Waals surface area (Å²) >= 11 is 1.70. The maximum absolute atomic E-state index is 9.55. The van der Waals surface area contributed by atoms with E-state index >= 15 is 0 Å². The van der Waals surface area contributed by atoms with Gasteiger partial charge >= 0.3 is 11.9 Å². The Hall–Kier alpha value is -1.93. The number of thiazole rings is 1. The zero-order chi connectivity index (χ0) is 17.7. The average Bonchev–Trinajstić information content (AvgIpc) is 2.89. The fourth-order valence-corrected chi connectivity index (χ4v) is 4.35. The Morgan fingerprint density at radius 2 is 2.00 bits per heavy atom. The molecule has 2 atom stereocenters. The van der Waals surface area contributed by atoms with Gasteiger partial charge in [-0.1, -0.05) is 6.92 Å². The van der Waals surface area contributed by atoms with Crippen LogP contribution in [-0.4, -0.2) is 51.2 Å². The molecule has 7 nitrogen and oxygen atoms in total. The maximum atomic E-state index is 9.55. The smallest absolute Gasteiger partial charge is 0.328 e. The van der Waals surface area contributed by atoms with E-state index in [0.717, 1.165) is 23.5 Å². The fraction of sp³-hybridized carbons (Fsp3) is 0.562. The summed E-state index contributed by atoms with van der Waals surface area (Å²) in [7, 11) is 0. The van der Waals surface area contributed by atoms with Crippen LogP contribution in [0.25, 0.3) is 0 Å². The second kappa shape index (κ2) is 8.25. The minimum atomic E-state index is -1.26. The summed E-state index contributed by atoms with van der Waals surface area (Å²) in [4.78, 5) is 27.7. The van der Waals surface area contributed by atoms with Crippen molar-refractivity contribution >= 4 is 28.4 Å². The van der Waals surface area contributed by atoms with E-state index in [1.807, 2.05) is 0 Å². The molecule has 0 unspecified atom stereocenters. The lowest BCUT2D eigenvalue weighted by Crippen LogP contribution is -2.48. The first-order valence-corrected chi connectivity index (χ1v) is 8.84. The summed E-state index contributed by atoms with van der Waals surface area (Å²) in [5, 5.41) is 16.4. The molecule has 0 saturated carbocycles. The number of hydrogen-bond donors (Lipinski definition) is 3. The molecule has 1 aromatic rings. The van der Waals surface area contributed by atoms with E-state index in [9.17, 15) is 9.59 Å². The van der Waals surface area contributed by atoms with E-state index in [4.69, 9.17) is 15.9 Å². The predicted molar refractivity (Wildman–Crippen MR) is 92.1 cm³/mol. The van der Waals surface area contributed by atoms with Gasteiger partial charge in [0.2, 0.25) is 0 Å². The molecule has 1 fully saturated rings. The van der Waals surface area contributed by atoms with Gasteiger partial charge in [0.05, 0.1) is 5.69 Å². The SMILES string of the molecule is CCN1CCC[C@H]2Cc3nc(N)sc3C[C@@H]21.O=C(O)/C=C\C(=O)O. The summed E-state index contributed by atoms with van der Waals surface area (Å²) in [5.74, 6) is -1.69. The van der Waals surface area contributed by atoms with Gasteiger partial charge in [0, 0.05) is 23.1 Å². The normalized spacial score (nSPS) is 23.0. The van der Waals surface area contributed by atoms with Crippen molar-refractivity contribution in [2.45, 2.75) is 38.6 Å². The zero-order valence-electron chi connectivity index (χ0n) is 13.6. The molecular formula is C16H23N3O4S. The number of carboxylic acid groups (broad SMARTS) is 2. The van der Waals surface area contributed by atoms with Gasteiger partial charge in [-0.15, -0.1) is 11.3 Å². The molecule has 132 valence electrons. The average molecular weight is 353 g/mol. The fourth-order valence-electron chi connectivity index (χ4n) is 3.44. The van der Waals surface area contributed by atoms with Crippen LogP contribution in [0.2, 0.25) is 0 Å². The maximum Gasteiger partial charge on any atom is 0.328 e. The molecule has 0 bridgehead atoms. The Morgan fingerprint density at radius 1 is 1.33 bits per heavy atom. The molecular weight excluding hydrogens is 330 g/mol. The van der Waals surface area contributed by atoms with Gasteiger partial charge in [-0.05, 0) is 44.7 Å². The topological polar surface area (TPSA) is 117 Å². The van der Waals surface area contributed by atoms with Gasteiger partial charge in [-0.3, -0.25) is 0 Å². The number of nitrogens with zero attached hydrogens (tertiary/aromatic N) is 2. The van der Waals surface area contributed by atoms with Crippen molar-refractivity contribution in [3.05, 3.63) is 22.7 Å². The van der Waals surface area contributed by atoms with E-state index in [1.165, 1.54) is 42.9 Å². The number of aromatic nitrogens is 1. The van der Waals surface area contributed by atoms with Gasteiger partial charge < -0.3 is 20.8 Å². The standard InChI is InChI=1S/C12H19N3S.C4H4O4/c1-2-15-5-3-4-8-6-9-11(7-10(8)15)16-12(13)14-9;5-3(6)1-2-4(7)8/h8,10H,2-7H2,1H3,(H2,13,14);1-2H,(H,5,6)(H,7,8)/b;2-1-/t8-,10-;/m0./s1. The molecule has 24 heavy (non-hydrogen) atoms. The quantitative estimate of drug-likeness (QED) is 0.707. The lowest BCUT2D eigenvalue weighted by Gasteiger charge is -2.43. The number of fused-ring (bicyclic) bond motifs is 2. The van der Waals surface area contributed by atoms with Gasteiger partial charge in [0.25, 0.3) is 0 Å². The highest BCUT2D eigenvalue weighted by Gasteiger charge is 2.36. The number of aliphatic carboxylic acids is 2. The van der Waals surface area contributed by atoms with E-state index in [2.05, 4.69) is 16.8 Å². The lowest BCUT2D eigenvalue weighted by molar-refractivity contribution is -0.134. The molecule has 1 saturated heterocycles. The third-order valence-corrected chi connectivity index (χ3v) is 5.40. The number of carbonyl (C=O) groups is 2. The first-order valence-electron chi connectivity index (χ1n) is 8.02. The third-order valence-electron chi connectivity index (χ3n) is 4.45. The second-order valence-electron chi connectivity index (χ2n) is 5.94. The molecule has 3 rings (SSSR count). The molecule has 0 amide bonds. The Labute approximate surface area is 144 Å². The van der Waals surface area contributed by atoms with Crippen LogP contribution < -0.4 is 5.73 Å². The Morgan fingerprint density at radius 3 is 2.58 bits per heavy atom. The number of nitrogens with two attached hydrogens (primary N) is 1. The Kier molecular flexibility index (Phi) is 6.33. The first-order chi connectivity index (χ1) is 11.4. The minimum Gasteiger partial charge on any atom is -0.478 e. The van der Waals surface area contributed by atoms with Crippen LogP contribution in [0, 0.1) is 5.92 Å². The minimum absolute atomic E-state index is 0.558. The molecule has 4 N–H and O–H groups in total. The highest BCUT2D eigenvalue weighted by Crippen LogP contribution is 2.37. The molecule has 2 aliphatic rings. The van der Waals surface area contributed by atoms with Crippen LogP contribution in [0.5, 0.6) is 0 Å². The van der Waals surface area contributed by atoms with Crippen molar-refractivity contribution in [3.8, 4) is 0 Å². The zero-order valence-corrected chi connectivity index (χ0v) is 14.5. The molecule has 1 aliphatic carbocycles. The summed E-state index contributed by atoms with van der Waals surface area (Å²) < 4.78 is 0. The van der Waals surface area contributed by atoms with Crippen LogP contribution in [0.1, 0.15) is 30.3 Å². The summed E-state index contributed by atoms with van der Waals surface area (Å²) in [6, 6.07) is 0.756. The highest BCUT2D eigenvalue weighted by molar-refractivity contribution is 7.15. The number of carboxylic acids is 2. The number of anilines is 1. The molecule has 1 aliphatic heterocycles. The van der Waals surface area contributed by atoms with E-state index in [-0.39, 0.29) is 0 Å². The number of rotatable bonds is 3. The van der Waals surface area contributed by atoms with Crippen LogP contribution in [0.15, 0.2) is 12.2 Å². The second-order valence-corrected chi connectivity index (χ2v) is 7.05. The number of nitrogen functional groups attached to an aromatic ring is 1. The van der Waals surface area contributed by atoms with E-state index < -0.39 is 11.9 Å². The largest absolute Gasteiger partial charge is 0.478 e. The van der Waals surface area contributed by atoms with Crippen molar-refractivity contribution in [2.75, 3.05) is 18.8 Å². The summed E-state index contributed by atoms with van der Waals surface area (Å²) in [6.45, 7) is 4.74. The summed E-state index contributed by atoms with van der Waals surface area (Å²) in [5.41, 5.74) is 7.10. The van der Waals surface area contributed by atoms with Crippen molar-refractivity contribution in [2.24, 2.45) is 5.92 Å². The molecule has 8 heteroatoms. The highest BCUT2D eigenvalue weighted by atomic mass is 32.1.